The Morgan fingerprint density at radius 3 is 2.39 bits per heavy atom. The minimum Gasteiger partial charge on any atom is -0.492 e. The fourth-order valence-electron chi connectivity index (χ4n) is 5.48. The third-order valence-electron chi connectivity index (χ3n) is 6.23. The van der Waals surface area contributed by atoms with Gasteiger partial charge in [-0.1, -0.05) is 24.6 Å². The van der Waals surface area contributed by atoms with Crippen molar-refractivity contribution in [2.45, 2.75) is 58.0 Å². The lowest BCUT2D eigenvalue weighted by molar-refractivity contribution is -0.0142. The summed E-state index contributed by atoms with van der Waals surface area (Å²) in [6.45, 7) is 3.77. The van der Waals surface area contributed by atoms with E-state index in [1.54, 1.807) is 0 Å². The molecule has 4 aliphatic carbocycles. The second-order valence-corrected chi connectivity index (χ2v) is 8.36. The highest BCUT2D eigenvalue weighted by atomic mass is 35.5. The molecule has 1 aromatic rings. The molecule has 1 aromatic carbocycles. The van der Waals surface area contributed by atoms with Crippen molar-refractivity contribution in [3.05, 3.63) is 28.8 Å². The maximum Gasteiger partial charge on any atom is 0.137 e. The minimum absolute atomic E-state index is 0.727. The molecule has 1 N–H and O–H groups in total. The van der Waals surface area contributed by atoms with Crippen molar-refractivity contribution >= 4 is 11.6 Å². The summed E-state index contributed by atoms with van der Waals surface area (Å²) in [5, 5.41) is 4.61. The Bertz CT molecular complexity index is 531. The zero-order chi connectivity index (χ0) is 15.8. The first-order valence-corrected chi connectivity index (χ1v) is 9.75. The molecule has 0 amide bonds. The molecule has 0 aliphatic heterocycles. The summed E-state index contributed by atoms with van der Waals surface area (Å²) >= 11 is 6.35. The lowest BCUT2D eigenvalue weighted by atomic mass is 9.54. The molecule has 0 atom stereocenters. The van der Waals surface area contributed by atoms with E-state index in [4.69, 9.17) is 16.3 Å². The zero-order valence-corrected chi connectivity index (χ0v) is 14.8. The van der Waals surface area contributed by atoms with E-state index in [0.29, 0.717) is 0 Å². The van der Waals surface area contributed by atoms with E-state index in [1.807, 2.05) is 6.07 Å². The van der Waals surface area contributed by atoms with Gasteiger partial charge < -0.3 is 10.1 Å². The molecule has 23 heavy (non-hydrogen) atoms. The van der Waals surface area contributed by atoms with Gasteiger partial charge in [0.1, 0.15) is 5.75 Å². The van der Waals surface area contributed by atoms with E-state index >= 15 is 0 Å². The summed E-state index contributed by atoms with van der Waals surface area (Å²) in [6.07, 6.45) is 8.40. The number of hydrogen-bond donors (Lipinski definition) is 1. The summed E-state index contributed by atoms with van der Waals surface area (Å²) in [6, 6.07) is 6.97. The first-order valence-electron chi connectivity index (χ1n) is 9.37. The van der Waals surface area contributed by atoms with E-state index < -0.39 is 0 Å². The van der Waals surface area contributed by atoms with Crippen LogP contribution in [0.1, 0.15) is 51.0 Å². The van der Waals surface area contributed by atoms with Gasteiger partial charge in [-0.05, 0) is 79.9 Å². The van der Waals surface area contributed by atoms with Gasteiger partial charge in [0.05, 0.1) is 11.6 Å². The lowest BCUT2D eigenvalue weighted by Crippen LogP contribution is -2.54. The third-order valence-corrected chi connectivity index (χ3v) is 6.52. The number of ether oxygens (including phenoxy) is 1. The minimum atomic E-state index is 0.727. The van der Waals surface area contributed by atoms with Gasteiger partial charge in [0, 0.05) is 12.6 Å². The van der Waals surface area contributed by atoms with E-state index in [0.717, 1.165) is 60.1 Å². The van der Waals surface area contributed by atoms with Crippen LogP contribution >= 0.6 is 11.6 Å². The van der Waals surface area contributed by atoms with Crippen LogP contribution in [0.25, 0.3) is 0 Å². The van der Waals surface area contributed by atoms with Gasteiger partial charge in [-0.25, -0.2) is 0 Å². The van der Waals surface area contributed by atoms with Crippen LogP contribution in [0.2, 0.25) is 5.02 Å². The summed E-state index contributed by atoms with van der Waals surface area (Å²) in [7, 11) is 0. The molecule has 4 aliphatic rings. The van der Waals surface area contributed by atoms with Crippen LogP contribution < -0.4 is 10.1 Å². The highest BCUT2D eigenvalue weighted by molar-refractivity contribution is 6.32. The molecule has 0 radical (unpaired) electrons. The van der Waals surface area contributed by atoms with Crippen molar-refractivity contribution in [3.63, 3.8) is 0 Å². The van der Waals surface area contributed by atoms with Crippen molar-refractivity contribution in [2.24, 2.45) is 23.7 Å². The van der Waals surface area contributed by atoms with Gasteiger partial charge in [-0.15, -0.1) is 0 Å². The Balaban J connectivity index is 1.37. The van der Waals surface area contributed by atoms with Crippen molar-refractivity contribution < 1.29 is 4.74 Å². The Morgan fingerprint density at radius 2 is 1.78 bits per heavy atom. The molecule has 0 spiro atoms. The van der Waals surface area contributed by atoms with Crippen LogP contribution in [0.4, 0.5) is 0 Å². The third kappa shape index (κ3) is 3.25. The molecular weight excluding hydrogens is 306 g/mol. The number of hydrogen-bond acceptors (Lipinski definition) is 2. The monoisotopic (exact) mass is 333 g/mol. The Morgan fingerprint density at radius 1 is 1.09 bits per heavy atom. The normalized spacial score (nSPS) is 34.8. The molecule has 0 heterocycles. The van der Waals surface area contributed by atoms with Crippen LogP contribution in [-0.2, 0) is 6.54 Å². The van der Waals surface area contributed by atoms with Crippen LogP contribution in [0.3, 0.4) is 0 Å². The second-order valence-electron chi connectivity index (χ2n) is 7.95. The van der Waals surface area contributed by atoms with E-state index in [1.165, 1.54) is 37.7 Å². The molecule has 0 unspecified atom stereocenters. The SMILES string of the molecule is CCCOc1ccc(CNC2C3CC4CC(C3)CC2C4)cc1Cl. The van der Waals surface area contributed by atoms with Gasteiger partial charge in [-0.3, -0.25) is 0 Å². The lowest BCUT2D eigenvalue weighted by Gasteiger charge is -2.54. The number of nitrogens with one attached hydrogen (secondary N) is 1. The van der Waals surface area contributed by atoms with Gasteiger partial charge in [0.25, 0.3) is 0 Å². The standard InChI is InChI=1S/C20H28ClNO/c1-2-5-23-19-4-3-13(11-18(19)21)12-22-20-16-7-14-6-15(9-16)10-17(20)8-14/h3-4,11,14-17,20,22H,2,5-10,12H2,1H3. The summed E-state index contributed by atoms with van der Waals surface area (Å²) in [5.74, 6) is 4.75. The van der Waals surface area contributed by atoms with Crippen molar-refractivity contribution in [1.82, 2.24) is 5.32 Å². The first kappa shape index (κ1) is 15.8. The van der Waals surface area contributed by atoms with Crippen LogP contribution in [0, 0.1) is 23.7 Å². The second kappa shape index (κ2) is 6.64. The quantitative estimate of drug-likeness (QED) is 0.787. The predicted molar refractivity (Wildman–Crippen MR) is 94.9 cm³/mol. The molecular formula is C20H28ClNO. The first-order chi connectivity index (χ1) is 11.2. The number of halogens is 1. The Hall–Kier alpha value is -0.730. The predicted octanol–water partition coefficient (Wildman–Crippen LogP) is 5.04. The summed E-state index contributed by atoms with van der Waals surface area (Å²) in [5.41, 5.74) is 1.27. The fraction of sp³-hybridized carbons (Fsp3) is 0.700. The highest BCUT2D eigenvalue weighted by Gasteiger charge is 2.47. The molecule has 5 rings (SSSR count). The van der Waals surface area contributed by atoms with Crippen molar-refractivity contribution in [2.75, 3.05) is 6.61 Å². The zero-order valence-electron chi connectivity index (χ0n) is 14.1. The van der Waals surface area contributed by atoms with E-state index in [9.17, 15) is 0 Å². The molecule has 4 bridgehead atoms. The maximum atomic E-state index is 6.35. The molecule has 2 nitrogen and oxygen atoms in total. The van der Waals surface area contributed by atoms with E-state index in [2.05, 4.69) is 24.4 Å². The molecule has 4 fully saturated rings. The fourth-order valence-corrected chi connectivity index (χ4v) is 5.74. The average Bonchev–Trinajstić information content (AvgIpc) is 2.53. The number of benzene rings is 1. The summed E-state index contributed by atoms with van der Waals surface area (Å²) in [4.78, 5) is 0. The van der Waals surface area contributed by atoms with Gasteiger partial charge in [-0.2, -0.15) is 0 Å². The highest BCUT2D eigenvalue weighted by Crippen LogP contribution is 2.53. The van der Waals surface area contributed by atoms with Crippen LogP contribution in [-0.4, -0.2) is 12.6 Å². The largest absolute Gasteiger partial charge is 0.492 e. The molecule has 4 saturated carbocycles. The molecule has 3 heteroatoms. The Labute approximate surface area is 144 Å². The van der Waals surface area contributed by atoms with Crippen LogP contribution in [0.5, 0.6) is 5.75 Å². The van der Waals surface area contributed by atoms with Crippen molar-refractivity contribution in [1.29, 1.82) is 0 Å². The molecule has 0 saturated heterocycles. The van der Waals surface area contributed by atoms with Crippen molar-refractivity contribution in [3.8, 4) is 5.75 Å². The Kier molecular flexibility index (Phi) is 4.56. The van der Waals surface area contributed by atoms with Gasteiger partial charge in [0.2, 0.25) is 0 Å². The summed E-state index contributed by atoms with van der Waals surface area (Å²) < 4.78 is 5.66. The van der Waals surface area contributed by atoms with Crippen LogP contribution in [0.15, 0.2) is 18.2 Å². The molecule has 0 aromatic heterocycles. The average molecular weight is 334 g/mol. The van der Waals surface area contributed by atoms with Gasteiger partial charge >= 0.3 is 0 Å². The topological polar surface area (TPSA) is 21.3 Å². The smallest absolute Gasteiger partial charge is 0.137 e. The van der Waals surface area contributed by atoms with Gasteiger partial charge in [0.15, 0.2) is 0 Å². The number of rotatable bonds is 6. The van der Waals surface area contributed by atoms with E-state index in [-0.39, 0.29) is 0 Å². The maximum absolute atomic E-state index is 6.35. The molecule has 126 valence electrons.